The third-order valence-corrected chi connectivity index (χ3v) is 2.25. The van der Waals surface area contributed by atoms with Gasteiger partial charge in [-0.05, 0) is 26.0 Å². The van der Waals surface area contributed by atoms with Crippen molar-refractivity contribution in [3.05, 3.63) is 24.0 Å². The van der Waals surface area contributed by atoms with Crippen LogP contribution in [-0.2, 0) is 4.79 Å². The number of halogens is 1. The first-order valence-electron chi connectivity index (χ1n) is 5.73. The minimum atomic E-state index is -0.934. The molecule has 19 heavy (non-hydrogen) atoms. The number of benzene rings is 1. The average Bonchev–Trinajstić information content (AvgIpc) is 2.32. The molecule has 1 unspecified atom stereocenters. The summed E-state index contributed by atoms with van der Waals surface area (Å²) < 4.78 is 18.6. The van der Waals surface area contributed by atoms with E-state index in [1.54, 1.807) is 13.0 Å². The van der Waals surface area contributed by atoms with Gasteiger partial charge in [-0.15, -0.1) is 0 Å². The molecule has 0 saturated heterocycles. The molecule has 0 fully saturated rings. The van der Waals surface area contributed by atoms with Crippen LogP contribution in [0.2, 0.25) is 0 Å². The lowest BCUT2D eigenvalue weighted by molar-refractivity contribution is -0.120. The van der Waals surface area contributed by atoms with E-state index in [9.17, 15) is 14.0 Å². The summed E-state index contributed by atoms with van der Waals surface area (Å²) in [5.41, 5.74) is 5.22. The number of imide groups is 1. The second-order valence-electron chi connectivity index (χ2n) is 3.80. The van der Waals surface area contributed by atoms with Crippen molar-refractivity contribution in [1.82, 2.24) is 5.32 Å². The van der Waals surface area contributed by atoms with Crippen LogP contribution in [0, 0.1) is 5.82 Å². The Morgan fingerprint density at radius 3 is 2.68 bits per heavy atom. The molecule has 1 rings (SSSR count). The van der Waals surface area contributed by atoms with Crippen molar-refractivity contribution < 1.29 is 18.7 Å². The van der Waals surface area contributed by atoms with E-state index in [0.717, 1.165) is 0 Å². The Morgan fingerprint density at radius 2 is 2.16 bits per heavy atom. The van der Waals surface area contributed by atoms with Crippen LogP contribution >= 0.6 is 0 Å². The number of urea groups is 1. The molecule has 0 spiro atoms. The number of rotatable bonds is 5. The SMILES string of the molecule is CCOc1ccc(NC(C)C(=O)NC(N)=O)cc1F. The van der Waals surface area contributed by atoms with Crippen LogP contribution in [0.15, 0.2) is 18.2 Å². The highest BCUT2D eigenvalue weighted by Gasteiger charge is 2.14. The van der Waals surface area contributed by atoms with Gasteiger partial charge in [-0.1, -0.05) is 0 Å². The van der Waals surface area contributed by atoms with Gasteiger partial charge >= 0.3 is 6.03 Å². The Labute approximate surface area is 110 Å². The van der Waals surface area contributed by atoms with E-state index in [0.29, 0.717) is 12.3 Å². The second-order valence-corrected chi connectivity index (χ2v) is 3.80. The number of amides is 3. The van der Waals surface area contributed by atoms with Gasteiger partial charge in [0.05, 0.1) is 6.61 Å². The fraction of sp³-hybridized carbons (Fsp3) is 0.333. The molecule has 0 aliphatic rings. The number of nitrogens with one attached hydrogen (secondary N) is 2. The smallest absolute Gasteiger partial charge is 0.318 e. The molecule has 4 N–H and O–H groups in total. The second kappa shape index (κ2) is 6.58. The quantitative estimate of drug-likeness (QED) is 0.749. The van der Waals surface area contributed by atoms with Crippen molar-refractivity contribution in [3.63, 3.8) is 0 Å². The van der Waals surface area contributed by atoms with Gasteiger partial charge in [-0.25, -0.2) is 9.18 Å². The fourth-order valence-electron chi connectivity index (χ4n) is 1.41. The van der Waals surface area contributed by atoms with Crippen LogP contribution in [0.25, 0.3) is 0 Å². The first-order valence-corrected chi connectivity index (χ1v) is 5.73. The largest absolute Gasteiger partial charge is 0.491 e. The zero-order valence-electron chi connectivity index (χ0n) is 10.7. The fourth-order valence-corrected chi connectivity index (χ4v) is 1.41. The molecule has 0 heterocycles. The summed E-state index contributed by atoms with van der Waals surface area (Å²) in [7, 11) is 0. The van der Waals surface area contributed by atoms with Gasteiger partial charge in [-0.3, -0.25) is 10.1 Å². The summed E-state index contributed by atoms with van der Waals surface area (Å²) >= 11 is 0. The predicted octanol–water partition coefficient (Wildman–Crippen LogP) is 1.22. The summed E-state index contributed by atoms with van der Waals surface area (Å²) in [6.07, 6.45) is 0. The first kappa shape index (κ1) is 14.7. The molecule has 1 aromatic carbocycles. The number of anilines is 1. The van der Waals surface area contributed by atoms with Crippen LogP contribution in [0.1, 0.15) is 13.8 Å². The molecule has 0 aromatic heterocycles. The van der Waals surface area contributed by atoms with Crippen LogP contribution in [0.4, 0.5) is 14.9 Å². The Bertz CT molecular complexity index is 479. The Kier molecular flexibility index (Phi) is 5.11. The van der Waals surface area contributed by atoms with Gasteiger partial charge < -0.3 is 15.8 Å². The number of hydrogen-bond acceptors (Lipinski definition) is 4. The number of hydrogen-bond donors (Lipinski definition) is 3. The van der Waals surface area contributed by atoms with E-state index in [-0.39, 0.29) is 5.75 Å². The zero-order valence-corrected chi connectivity index (χ0v) is 10.7. The van der Waals surface area contributed by atoms with E-state index < -0.39 is 23.8 Å². The summed E-state index contributed by atoms with van der Waals surface area (Å²) in [4.78, 5) is 21.9. The molecule has 0 radical (unpaired) electrons. The zero-order chi connectivity index (χ0) is 14.4. The van der Waals surface area contributed by atoms with Gasteiger partial charge in [0.15, 0.2) is 11.6 Å². The minimum Gasteiger partial charge on any atom is -0.491 e. The van der Waals surface area contributed by atoms with E-state index in [2.05, 4.69) is 5.32 Å². The standard InChI is InChI=1S/C12H16FN3O3/c1-3-19-10-5-4-8(6-9(10)13)15-7(2)11(17)16-12(14)18/h4-7,15H,3H2,1-2H3,(H3,14,16,17,18). The number of primary amides is 1. The molecule has 1 atom stereocenters. The maximum absolute atomic E-state index is 13.6. The summed E-state index contributed by atoms with van der Waals surface area (Å²) in [5.74, 6) is -0.988. The lowest BCUT2D eigenvalue weighted by Crippen LogP contribution is -2.43. The summed E-state index contributed by atoms with van der Waals surface area (Å²) in [6, 6.07) is 2.57. The van der Waals surface area contributed by atoms with Crippen LogP contribution < -0.4 is 21.1 Å². The normalized spacial score (nSPS) is 11.5. The molecule has 104 valence electrons. The van der Waals surface area contributed by atoms with Crippen LogP contribution in [0.5, 0.6) is 5.75 Å². The molecule has 1 aromatic rings. The summed E-state index contributed by atoms with van der Waals surface area (Å²) in [5, 5.41) is 4.67. The van der Waals surface area contributed by atoms with E-state index >= 15 is 0 Å². The molecule has 7 heteroatoms. The number of carbonyl (C=O) groups is 2. The highest BCUT2D eigenvalue weighted by Crippen LogP contribution is 2.21. The molecule has 3 amide bonds. The Hall–Kier alpha value is -2.31. The number of ether oxygens (including phenoxy) is 1. The molecule has 0 aliphatic heterocycles. The Morgan fingerprint density at radius 1 is 1.47 bits per heavy atom. The van der Waals surface area contributed by atoms with Gasteiger partial charge in [0, 0.05) is 11.8 Å². The van der Waals surface area contributed by atoms with E-state index in [1.165, 1.54) is 19.1 Å². The van der Waals surface area contributed by atoms with Gasteiger partial charge in [0.25, 0.3) is 0 Å². The maximum atomic E-state index is 13.6. The summed E-state index contributed by atoms with van der Waals surface area (Å²) in [6.45, 7) is 3.63. The van der Waals surface area contributed by atoms with Crippen molar-refractivity contribution in [1.29, 1.82) is 0 Å². The van der Waals surface area contributed by atoms with Crippen molar-refractivity contribution >= 4 is 17.6 Å². The Balaban J connectivity index is 2.69. The van der Waals surface area contributed by atoms with Gasteiger partial charge in [0.1, 0.15) is 6.04 Å². The van der Waals surface area contributed by atoms with Gasteiger partial charge in [0.2, 0.25) is 5.91 Å². The third-order valence-electron chi connectivity index (χ3n) is 2.25. The highest BCUT2D eigenvalue weighted by atomic mass is 19.1. The molecule has 0 bridgehead atoms. The average molecular weight is 269 g/mol. The van der Waals surface area contributed by atoms with Crippen molar-refractivity contribution in [2.45, 2.75) is 19.9 Å². The number of carbonyl (C=O) groups excluding carboxylic acids is 2. The molecule has 6 nitrogen and oxygen atoms in total. The topological polar surface area (TPSA) is 93.4 Å². The van der Waals surface area contributed by atoms with Crippen LogP contribution in [-0.4, -0.2) is 24.6 Å². The van der Waals surface area contributed by atoms with E-state index in [4.69, 9.17) is 10.5 Å². The maximum Gasteiger partial charge on any atom is 0.318 e. The van der Waals surface area contributed by atoms with Gasteiger partial charge in [-0.2, -0.15) is 0 Å². The van der Waals surface area contributed by atoms with Crippen molar-refractivity contribution in [2.75, 3.05) is 11.9 Å². The predicted molar refractivity (Wildman–Crippen MR) is 68.4 cm³/mol. The number of nitrogens with two attached hydrogens (primary N) is 1. The molecular formula is C12H16FN3O3. The molecule has 0 saturated carbocycles. The van der Waals surface area contributed by atoms with Crippen molar-refractivity contribution in [3.8, 4) is 5.75 Å². The minimum absolute atomic E-state index is 0.141. The third kappa shape index (κ3) is 4.46. The first-order chi connectivity index (χ1) is 8.93. The lowest BCUT2D eigenvalue weighted by Gasteiger charge is -2.14. The molecular weight excluding hydrogens is 253 g/mol. The lowest BCUT2D eigenvalue weighted by atomic mass is 10.2. The van der Waals surface area contributed by atoms with Crippen molar-refractivity contribution in [2.24, 2.45) is 5.73 Å². The van der Waals surface area contributed by atoms with Crippen LogP contribution in [0.3, 0.4) is 0 Å². The van der Waals surface area contributed by atoms with E-state index in [1.807, 2.05) is 5.32 Å². The molecule has 0 aliphatic carbocycles. The highest BCUT2D eigenvalue weighted by molar-refractivity contribution is 5.97. The monoisotopic (exact) mass is 269 g/mol.